The molecule has 0 spiro atoms. The molecule has 0 unspecified atom stereocenters. The Labute approximate surface area is 171 Å². The minimum atomic E-state index is 0.668. The largest absolute Gasteiger partial charge is 0.338 e. The summed E-state index contributed by atoms with van der Waals surface area (Å²) in [5, 5.41) is 8.19. The van der Waals surface area contributed by atoms with Crippen LogP contribution >= 0.6 is 0 Å². The van der Waals surface area contributed by atoms with Gasteiger partial charge >= 0.3 is 0 Å². The summed E-state index contributed by atoms with van der Waals surface area (Å²) in [6.45, 7) is 4.24. The number of hydrogen-bond acceptors (Lipinski definition) is 4. The number of hydrogen-bond donors (Lipinski definition) is 1. The molecule has 1 N–H and O–H groups in total. The molecule has 0 aliphatic heterocycles. The van der Waals surface area contributed by atoms with Gasteiger partial charge in [0.2, 0.25) is 0 Å². The maximum absolute atomic E-state index is 4.83. The maximum atomic E-state index is 4.83. The monoisotopic (exact) mass is 383 g/mol. The Morgan fingerprint density at radius 1 is 1.00 bits per heavy atom. The van der Waals surface area contributed by atoms with Gasteiger partial charge < -0.3 is 5.32 Å². The number of rotatable bonds is 6. The van der Waals surface area contributed by atoms with Gasteiger partial charge in [0, 0.05) is 12.7 Å². The van der Waals surface area contributed by atoms with Crippen LogP contribution in [0.2, 0.25) is 0 Å². The van der Waals surface area contributed by atoms with E-state index in [1.165, 1.54) is 5.56 Å². The lowest BCUT2D eigenvalue weighted by atomic mass is 10.2. The lowest BCUT2D eigenvalue weighted by molar-refractivity contribution is 0.753. The van der Waals surface area contributed by atoms with Gasteiger partial charge in [-0.1, -0.05) is 61.9 Å². The van der Waals surface area contributed by atoms with Crippen molar-refractivity contribution in [2.45, 2.75) is 26.7 Å². The van der Waals surface area contributed by atoms with Crippen LogP contribution in [0.5, 0.6) is 0 Å². The molecule has 29 heavy (non-hydrogen) atoms. The fraction of sp³-hybridized carbons (Fsp3) is 0.208. The topological polar surface area (TPSA) is 55.6 Å². The highest BCUT2D eigenvalue weighted by Crippen LogP contribution is 2.27. The zero-order valence-corrected chi connectivity index (χ0v) is 17.1. The minimum Gasteiger partial charge on any atom is -0.338 e. The number of aromatic nitrogens is 4. The van der Waals surface area contributed by atoms with Crippen LogP contribution in [0.15, 0.2) is 54.6 Å². The van der Waals surface area contributed by atoms with Crippen LogP contribution in [-0.2, 0) is 13.5 Å². The van der Waals surface area contributed by atoms with Crippen molar-refractivity contribution in [1.29, 1.82) is 0 Å². The molecule has 146 valence electrons. The van der Waals surface area contributed by atoms with E-state index in [1.54, 1.807) is 0 Å². The first kappa shape index (κ1) is 18.9. The van der Waals surface area contributed by atoms with E-state index in [0.717, 1.165) is 46.6 Å². The normalized spacial score (nSPS) is 11.4. The lowest BCUT2D eigenvalue weighted by Crippen LogP contribution is -2.02. The first-order valence-electron chi connectivity index (χ1n) is 9.94. The molecule has 0 aliphatic carbocycles. The van der Waals surface area contributed by atoms with Gasteiger partial charge in [0.25, 0.3) is 0 Å². The van der Waals surface area contributed by atoms with Crippen molar-refractivity contribution in [1.82, 2.24) is 19.7 Å². The highest BCUT2D eigenvalue weighted by atomic mass is 15.3. The van der Waals surface area contributed by atoms with Crippen LogP contribution in [0.4, 0.5) is 11.5 Å². The molecule has 0 atom stereocenters. The molecule has 0 saturated heterocycles. The molecule has 2 aromatic carbocycles. The summed E-state index contributed by atoms with van der Waals surface area (Å²) in [7, 11) is 1.95. The highest BCUT2D eigenvalue weighted by Gasteiger charge is 2.16. The fourth-order valence-electron chi connectivity index (χ4n) is 3.42. The molecule has 4 rings (SSSR count). The quantitative estimate of drug-likeness (QED) is 0.475. The van der Waals surface area contributed by atoms with Gasteiger partial charge in [-0.25, -0.2) is 9.97 Å². The lowest BCUT2D eigenvalue weighted by Gasteiger charge is -2.09. The van der Waals surface area contributed by atoms with E-state index in [9.17, 15) is 0 Å². The zero-order valence-electron chi connectivity index (χ0n) is 17.1. The molecule has 0 radical (unpaired) electrons. The Balaban J connectivity index is 1.82. The summed E-state index contributed by atoms with van der Waals surface area (Å²) in [6, 6.07) is 18.5. The van der Waals surface area contributed by atoms with Crippen LogP contribution in [-0.4, -0.2) is 19.7 Å². The molecule has 5 nitrogen and oxygen atoms in total. The SMILES string of the molecule is CCCc1nn(C)c2c(Nc3cccc(C)c3)nc(/C=C/c3ccccc3)nc12. The van der Waals surface area contributed by atoms with Gasteiger partial charge in [-0.2, -0.15) is 5.10 Å². The summed E-state index contributed by atoms with van der Waals surface area (Å²) >= 11 is 0. The number of fused-ring (bicyclic) bond motifs is 1. The van der Waals surface area contributed by atoms with E-state index in [1.807, 2.05) is 54.2 Å². The van der Waals surface area contributed by atoms with Crippen LogP contribution in [0, 0.1) is 6.92 Å². The highest BCUT2D eigenvalue weighted by molar-refractivity contribution is 5.90. The first-order valence-corrected chi connectivity index (χ1v) is 9.94. The molecular formula is C24H25N5. The zero-order chi connectivity index (χ0) is 20.2. The van der Waals surface area contributed by atoms with Crippen molar-refractivity contribution in [2.24, 2.45) is 7.05 Å². The van der Waals surface area contributed by atoms with E-state index >= 15 is 0 Å². The van der Waals surface area contributed by atoms with Crippen LogP contribution in [0.1, 0.15) is 36.0 Å². The van der Waals surface area contributed by atoms with E-state index in [-0.39, 0.29) is 0 Å². The summed E-state index contributed by atoms with van der Waals surface area (Å²) in [4.78, 5) is 9.63. The van der Waals surface area contributed by atoms with Gasteiger partial charge in [0.1, 0.15) is 11.0 Å². The third kappa shape index (κ3) is 4.19. The Hall–Kier alpha value is -3.47. The average Bonchev–Trinajstić information content (AvgIpc) is 3.03. The van der Waals surface area contributed by atoms with Gasteiger partial charge in [0.05, 0.1) is 5.69 Å². The number of aryl methyl sites for hydroxylation is 3. The van der Waals surface area contributed by atoms with Crippen LogP contribution in [0.3, 0.4) is 0 Å². The molecule has 2 heterocycles. The van der Waals surface area contributed by atoms with E-state index < -0.39 is 0 Å². The van der Waals surface area contributed by atoms with Crippen molar-refractivity contribution >= 4 is 34.7 Å². The Bertz CT molecular complexity index is 1160. The van der Waals surface area contributed by atoms with Crippen LogP contribution in [0.25, 0.3) is 23.2 Å². The third-order valence-corrected chi connectivity index (χ3v) is 4.76. The van der Waals surface area contributed by atoms with Crippen LogP contribution < -0.4 is 5.32 Å². The number of benzene rings is 2. The summed E-state index contributed by atoms with van der Waals surface area (Å²) in [5.41, 5.74) is 6.15. The van der Waals surface area contributed by atoms with Crippen molar-refractivity contribution in [3.05, 3.63) is 77.2 Å². The third-order valence-electron chi connectivity index (χ3n) is 4.76. The maximum Gasteiger partial charge on any atom is 0.160 e. The van der Waals surface area contributed by atoms with Crippen molar-refractivity contribution in [2.75, 3.05) is 5.32 Å². The van der Waals surface area contributed by atoms with E-state index in [4.69, 9.17) is 15.1 Å². The Morgan fingerprint density at radius 2 is 1.83 bits per heavy atom. The smallest absolute Gasteiger partial charge is 0.160 e. The predicted molar refractivity (Wildman–Crippen MR) is 120 cm³/mol. The predicted octanol–water partition coefficient (Wildman–Crippen LogP) is 5.54. The Morgan fingerprint density at radius 3 is 2.59 bits per heavy atom. The van der Waals surface area contributed by atoms with Gasteiger partial charge in [-0.3, -0.25) is 4.68 Å². The molecular weight excluding hydrogens is 358 g/mol. The summed E-state index contributed by atoms with van der Waals surface area (Å²) in [5.74, 6) is 1.44. The molecule has 4 aromatic rings. The second-order valence-corrected chi connectivity index (χ2v) is 7.19. The summed E-state index contributed by atoms with van der Waals surface area (Å²) in [6.07, 6.45) is 5.90. The first-order chi connectivity index (χ1) is 14.1. The summed E-state index contributed by atoms with van der Waals surface area (Å²) < 4.78 is 1.88. The van der Waals surface area contributed by atoms with E-state index in [2.05, 4.69) is 43.4 Å². The van der Waals surface area contributed by atoms with Crippen molar-refractivity contribution < 1.29 is 0 Å². The van der Waals surface area contributed by atoms with Crippen molar-refractivity contribution in [3.63, 3.8) is 0 Å². The van der Waals surface area contributed by atoms with Gasteiger partial charge in [-0.05, 0) is 42.7 Å². The number of nitrogens with zero attached hydrogens (tertiary/aromatic N) is 4. The minimum absolute atomic E-state index is 0.668. The molecule has 0 aliphatic rings. The van der Waals surface area contributed by atoms with Gasteiger partial charge in [0.15, 0.2) is 11.6 Å². The average molecular weight is 383 g/mol. The standard InChI is InChI=1S/C24H25N5/c1-4-9-20-22-23(29(3)28-20)24(25-19-13-8-10-17(2)16-19)27-21(26-22)15-14-18-11-6-5-7-12-18/h5-8,10-16H,4,9H2,1-3H3,(H,25,26,27)/b15-14+. The second kappa shape index (κ2) is 8.27. The van der Waals surface area contributed by atoms with Gasteiger partial charge in [-0.15, -0.1) is 0 Å². The molecule has 0 amide bonds. The molecule has 0 fully saturated rings. The molecule has 0 bridgehead atoms. The second-order valence-electron chi connectivity index (χ2n) is 7.19. The number of anilines is 2. The van der Waals surface area contributed by atoms with E-state index in [0.29, 0.717) is 5.82 Å². The van der Waals surface area contributed by atoms with Crippen molar-refractivity contribution in [3.8, 4) is 0 Å². The Kier molecular flexibility index (Phi) is 5.38. The fourth-order valence-corrected chi connectivity index (χ4v) is 3.42. The molecule has 5 heteroatoms. The molecule has 0 saturated carbocycles. The number of nitrogens with one attached hydrogen (secondary N) is 1. The molecule has 2 aromatic heterocycles.